The lowest BCUT2D eigenvalue weighted by Gasteiger charge is -2.13. The van der Waals surface area contributed by atoms with E-state index in [2.05, 4.69) is 59.2 Å². The first-order valence-electron chi connectivity index (χ1n) is 8.95. The van der Waals surface area contributed by atoms with Crippen molar-refractivity contribution in [3.63, 3.8) is 0 Å². The van der Waals surface area contributed by atoms with Crippen molar-refractivity contribution in [2.75, 3.05) is 6.54 Å². The molecule has 3 heteroatoms. The Morgan fingerprint density at radius 2 is 1.75 bits per heavy atom. The Morgan fingerprint density at radius 1 is 0.917 bits per heavy atom. The Kier molecular flexibility index (Phi) is 4.41. The number of aromatic nitrogens is 2. The normalized spacial score (nSPS) is 15.2. The van der Waals surface area contributed by atoms with Gasteiger partial charge in [0.1, 0.15) is 11.3 Å². The summed E-state index contributed by atoms with van der Waals surface area (Å²) in [6, 6.07) is 19.0. The quantitative estimate of drug-likeness (QED) is 0.720. The maximum absolute atomic E-state index is 5.01. The van der Waals surface area contributed by atoms with E-state index in [0.29, 0.717) is 0 Å². The van der Waals surface area contributed by atoms with Crippen molar-refractivity contribution in [2.24, 2.45) is 4.99 Å². The summed E-state index contributed by atoms with van der Waals surface area (Å²) in [5.74, 6) is 1.20. The van der Waals surface area contributed by atoms with Crippen LogP contribution in [0.3, 0.4) is 0 Å². The third kappa shape index (κ3) is 3.12. The fourth-order valence-electron chi connectivity index (χ4n) is 3.49. The molecule has 0 spiro atoms. The van der Waals surface area contributed by atoms with Gasteiger partial charge in [0.25, 0.3) is 0 Å². The highest BCUT2D eigenvalue weighted by atomic mass is 15.1. The zero-order valence-corrected chi connectivity index (χ0v) is 14.0. The minimum absolute atomic E-state index is 0.817. The number of nitrogens with zero attached hydrogens (tertiary/aromatic N) is 3. The number of para-hydroxylation sites is 1. The molecule has 1 aromatic heterocycles. The van der Waals surface area contributed by atoms with Crippen molar-refractivity contribution in [3.8, 4) is 0 Å². The molecular weight excluding hydrogens is 294 g/mol. The molecule has 122 valence electrons. The molecule has 4 rings (SSSR count). The van der Waals surface area contributed by atoms with Crippen molar-refractivity contribution in [1.82, 2.24) is 9.55 Å². The summed E-state index contributed by atoms with van der Waals surface area (Å²) in [6.45, 7) is 1.86. The van der Waals surface area contributed by atoms with Gasteiger partial charge in [-0.1, -0.05) is 48.9 Å². The molecule has 0 amide bonds. The average Bonchev–Trinajstić information content (AvgIpc) is 2.87. The molecule has 0 atom stereocenters. The van der Waals surface area contributed by atoms with Crippen molar-refractivity contribution >= 4 is 10.9 Å². The Morgan fingerprint density at radius 3 is 2.67 bits per heavy atom. The summed E-state index contributed by atoms with van der Waals surface area (Å²) >= 11 is 0. The van der Waals surface area contributed by atoms with Gasteiger partial charge >= 0.3 is 0 Å². The van der Waals surface area contributed by atoms with Gasteiger partial charge in [0.05, 0.1) is 5.52 Å². The first-order chi connectivity index (χ1) is 11.9. The molecule has 0 unspecified atom stereocenters. The summed E-state index contributed by atoms with van der Waals surface area (Å²) in [6.07, 6.45) is 5.77. The number of fused-ring (bicyclic) bond motifs is 2. The fraction of sp³-hybridized carbons (Fsp3) is 0.333. The number of benzene rings is 2. The molecule has 3 nitrogen and oxygen atoms in total. The van der Waals surface area contributed by atoms with Crippen LogP contribution in [0.15, 0.2) is 59.6 Å². The highest BCUT2D eigenvalue weighted by Gasteiger charge is 2.12. The Hall–Kier alpha value is -2.42. The van der Waals surface area contributed by atoms with Crippen LogP contribution in [0.4, 0.5) is 0 Å². The summed E-state index contributed by atoms with van der Waals surface area (Å²) in [4.78, 5) is 9.91. The molecule has 1 aliphatic rings. The Labute approximate surface area is 142 Å². The van der Waals surface area contributed by atoms with E-state index in [-0.39, 0.29) is 0 Å². The molecule has 3 aromatic rings. The lowest BCUT2D eigenvalue weighted by atomic mass is 10.1. The lowest BCUT2D eigenvalue weighted by Crippen LogP contribution is -2.26. The second-order valence-electron chi connectivity index (χ2n) is 6.45. The fourth-order valence-corrected chi connectivity index (χ4v) is 3.49. The number of hydrogen-bond acceptors (Lipinski definition) is 2. The van der Waals surface area contributed by atoms with Gasteiger partial charge in [0, 0.05) is 24.9 Å². The van der Waals surface area contributed by atoms with Gasteiger partial charge < -0.3 is 4.57 Å². The predicted octanol–water partition coefficient (Wildman–Crippen LogP) is 3.91. The maximum Gasteiger partial charge on any atom is 0.138 e. The molecule has 24 heavy (non-hydrogen) atoms. The zero-order chi connectivity index (χ0) is 16.2. The van der Waals surface area contributed by atoms with Gasteiger partial charge in [-0.15, -0.1) is 0 Å². The van der Waals surface area contributed by atoms with E-state index in [4.69, 9.17) is 9.98 Å². The Bertz CT molecular complexity index is 894. The highest BCUT2D eigenvalue weighted by Crippen LogP contribution is 2.15. The monoisotopic (exact) mass is 317 g/mol. The number of rotatable bonds is 3. The third-order valence-corrected chi connectivity index (χ3v) is 4.75. The molecular formula is C21H23N3. The van der Waals surface area contributed by atoms with Crippen molar-refractivity contribution in [2.45, 2.75) is 38.6 Å². The van der Waals surface area contributed by atoms with Gasteiger partial charge in [-0.2, -0.15) is 0 Å². The van der Waals surface area contributed by atoms with E-state index >= 15 is 0 Å². The topological polar surface area (TPSA) is 30.2 Å². The molecule has 0 bridgehead atoms. The number of aryl methyl sites for hydroxylation is 1. The van der Waals surface area contributed by atoms with E-state index in [1.165, 1.54) is 36.0 Å². The second-order valence-corrected chi connectivity index (χ2v) is 6.45. The molecule has 0 fully saturated rings. The van der Waals surface area contributed by atoms with Crippen molar-refractivity contribution in [3.05, 3.63) is 71.5 Å². The van der Waals surface area contributed by atoms with E-state index in [9.17, 15) is 0 Å². The van der Waals surface area contributed by atoms with Gasteiger partial charge in [0.15, 0.2) is 0 Å². The van der Waals surface area contributed by atoms with Gasteiger partial charge in [-0.25, -0.2) is 4.98 Å². The summed E-state index contributed by atoms with van der Waals surface area (Å²) < 4.78 is 2.36. The summed E-state index contributed by atoms with van der Waals surface area (Å²) in [5.41, 5.74) is 3.54. The largest absolute Gasteiger partial charge is 0.314 e. The van der Waals surface area contributed by atoms with Gasteiger partial charge in [-0.05, 0) is 37.0 Å². The summed E-state index contributed by atoms with van der Waals surface area (Å²) in [7, 11) is 0. The molecule has 0 aliphatic carbocycles. The van der Waals surface area contributed by atoms with Crippen LogP contribution >= 0.6 is 0 Å². The second kappa shape index (κ2) is 7.00. The van der Waals surface area contributed by atoms with Gasteiger partial charge in [0.2, 0.25) is 0 Å². The van der Waals surface area contributed by atoms with Crippen LogP contribution in [0.2, 0.25) is 0 Å². The summed E-state index contributed by atoms with van der Waals surface area (Å²) in [5, 5.41) is 1.18. The standard InChI is InChI=1S/C21H23N3/c1-3-9-17(10-4-1)14-15-22-21-18-11-6-7-12-19(18)23-20-13-5-2-8-16-24(20)21/h1,3-4,6-7,9-12H,2,5,8,13-16H2. The van der Waals surface area contributed by atoms with E-state index in [1.54, 1.807) is 0 Å². The molecule has 2 aromatic carbocycles. The molecule has 0 saturated carbocycles. The minimum atomic E-state index is 0.817. The van der Waals surface area contributed by atoms with Crippen LogP contribution < -0.4 is 5.49 Å². The van der Waals surface area contributed by atoms with Crippen LogP contribution in [0.1, 0.15) is 30.7 Å². The van der Waals surface area contributed by atoms with Crippen LogP contribution in [0, 0.1) is 0 Å². The van der Waals surface area contributed by atoms with Crippen LogP contribution in [0.25, 0.3) is 10.9 Å². The van der Waals surface area contributed by atoms with E-state index in [0.717, 1.165) is 36.9 Å². The van der Waals surface area contributed by atoms with Crippen LogP contribution in [0.5, 0.6) is 0 Å². The smallest absolute Gasteiger partial charge is 0.138 e. The third-order valence-electron chi connectivity index (χ3n) is 4.75. The molecule has 0 radical (unpaired) electrons. The molecule has 0 saturated heterocycles. The van der Waals surface area contributed by atoms with Gasteiger partial charge in [-0.3, -0.25) is 4.99 Å². The highest BCUT2D eigenvalue weighted by molar-refractivity contribution is 5.77. The molecule has 2 heterocycles. The zero-order valence-electron chi connectivity index (χ0n) is 14.0. The first-order valence-corrected chi connectivity index (χ1v) is 8.95. The predicted molar refractivity (Wildman–Crippen MR) is 97.9 cm³/mol. The Balaban J connectivity index is 1.77. The lowest BCUT2D eigenvalue weighted by molar-refractivity contribution is 0.602. The average molecular weight is 317 g/mol. The van der Waals surface area contributed by atoms with Crippen LogP contribution in [-0.2, 0) is 19.4 Å². The maximum atomic E-state index is 5.01. The van der Waals surface area contributed by atoms with Crippen molar-refractivity contribution < 1.29 is 0 Å². The molecule has 0 N–H and O–H groups in total. The minimum Gasteiger partial charge on any atom is -0.314 e. The van der Waals surface area contributed by atoms with Crippen LogP contribution in [-0.4, -0.2) is 16.1 Å². The number of hydrogen-bond donors (Lipinski definition) is 0. The van der Waals surface area contributed by atoms with E-state index in [1.807, 2.05) is 0 Å². The van der Waals surface area contributed by atoms with E-state index < -0.39 is 0 Å². The first kappa shape index (κ1) is 15.1. The molecule has 1 aliphatic heterocycles. The SMILES string of the molecule is c1ccc(CCN=c2c3ccccc3nc3n2CCCCC3)cc1. The van der Waals surface area contributed by atoms with Crippen molar-refractivity contribution in [1.29, 1.82) is 0 Å².